The van der Waals surface area contributed by atoms with Crippen LogP contribution in [0.1, 0.15) is 24.0 Å². The molecule has 0 spiro atoms. The summed E-state index contributed by atoms with van der Waals surface area (Å²) in [5.74, 6) is 1.78. The van der Waals surface area contributed by atoms with E-state index in [2.05, 4.69) is 11.4 Å². The molecule has 5 nitrogen and oxygen atoms in total. The van der Waals surface area contributed by atoms with E-state index in [0.29, 0.717) is 35.4 Å². The first kappa shape index (κ1) is 18.4. The van der Waals surface area contributed by atoms with Crippen LogP contribution in [0.2, 0.25) is 5.02 Å². The van der Waals surface area contributed by atoms with Crippen LogP contribution in [0.3, 0.4) is 0 Å². The largest absolute Gasteiger partial charge is 0.493 e. The van der Waals surface area contributed by atoms with Crippen LogP contribution < -0.4 is 19.5 Å². The number of aryl methyl sites for hydroxylation is 2. The summed E-state index contributed by atoms with van der Waals surface area (Å²) < 4.78 is 16.9. The number of carbonyl (C=O) groups excluding carboxylic acids is 1. The molecule has 0 aliphatic carbocycles. The van der Waals surface area contributed by atoms with Crippen LogP contribution >= 0.6 is 11.6 Å². The van der Waals surface area contributed by atoms with Gasteiger partial charge >= 0.3 is 0 Å². The second-order valence-electron chi connectivity index (χ2n) is 6.30. The molecule has 1 heterocycles. The number of rotatable bonds is 5. The second kappa shape index (κ2) is 8.32. The zero-order valence-corrected chi connectivity index (χ0v) is 15.7. The van der Waals surface area contributed by atoms with Gasteiger partial charge in [-0.25, -0.2) is 0 Å². The Balaban J connectivity index is 1.57. The fraction of sp³-hybridized carbons (Fsp3) is 0.350. The lowest BCUT2D eigenvalue weighted by molar-refractivity contribution is -0.116. The van der Waals surface area contributed by atoms with E-state index >= 15 is 0 Å². The highest BCUT2D eigenvalue weighted by atomic mass is 35.5. The van der Waals surface area contributed by atoms with Gasteiger partial charge in [-0.15, -0.1) is 0 Å². The molecule has 0 saturated carbocycles. The molecule has 1 aliphatic rings. The monoisotopic (exact) mass is 375 g/mol. The van der Waals surface area contributed by atoms with E-state index in [4.69, 9.17) is 25.8 Å². The average Bonchev–Trinajstić information content (AvgIpc) is 2.79. The highest BCUT2D eigenvalue weighted by molar-refractivity contribution is 6.34. The number of hydrogen-bond donors (Lipinski definition) is 1. The van der Waals surface area contributed by atoms with Gasteiger partial charge in [0.25, 0.3) is 0 Å². The molecule has 0 aromatic heterocycles. The maximum atomic E-state index is 12.2. The van der Waals surface area contributed by atoms with Crippen LogP contribution in [-0.2, 0) is 4.79 Å². The van der Waals surface area contributed by atoms with E-state index in [9.17, 15) is 4.79 Å². The fourth-order valence-corrected chi connectivity index (χ4v) is 2.97. The minimum atomic E-state index is -0.175. The standard InChI is InChI=1S/C20H22ClNO4/c1-13-8-14(2)10-15(9-13)24-7-4-20(23)22-17-12-19-18(11-16(17)21)25-5-3-6-26-19/h8-12H,3-7H2,1-2H3,(H,22,23). The van der Waals surface area contributed by atoms with Crippen LogP contribution in [0, 0.1) is 13.8 Å². The zero-order valence-electron chi connectivity index (χ0n) is 14.9. The molecule has 6 heteroatoms. The second-order valence-corrected chi connectivity index (χ2v) is 6.71. The molecule has 1 aliphatic heterocycles. The topological polar surface area (TPSA) is 56.8 Å². The maximum absolute atomic E-state index is 12.2. The van der Waals surface area contributed by atoms with Gasteiger partial charge in [0.2, 0.25) is 5.91 Å². The predicted octanol–water partition coefficient (Wildman–Crippen LogP) is 4.53. The number of anilines is 1. The van der Waals surface area contributed by atoms with E-state index in [1.807, 2.05) is 26.0 Å². The molecule has 0 radical (unpaired) electrons. The molecule has 0 unspecified atom stereocenters. The molecule has 1 amide bonds. The number of carbonyl (C=O) groups is 1. The molecule has 3 rings (SSSR count). The summed E-state index contributed by atoms with van der Waals surface area (Å²) in [6.45, 7) is 5.48. The predicted molar refractivity (Wildman–Crippen MR) is 102 cm³/mol. The first-order chi connectivity index (χ1) is 12.5. The number of benzene rings is 2. The van der Waals surface area contributed by atoms with Crippen LogP contribution in [0.15, 0.2) is 30.3 Å². The summed E-state index contributed by atoms with van der Waals surface area (Å²) in [6.07, 6.45) is 1.03. The third kappa shape index (κ3) is 4.82. The van der Waals surface area contributed by atoms with E-state index in [1.165, 1.54) is 0 Å². The van der Waals surface area contributed by atoms with Crippen molar-refractivity contribution in [1.29, 1.82) is 0 Å². The number of ether oxygens (including phenoxy) is 3. The highest BCUT2D eigenvalue weighted by Gasteiger charge is 2.15. The van der Waals surface area contributed by atoms with Crippen molar-refractivity contribution in [3.05, 3.63) is 46.5 Å². The molecule has 2 aromatic carbocycles. The molecular formula is C20H22ClNO4. The van der Waals surface area contributed by atoms with Crippen LogP contribution in [-0.4, -0.2) is 25.7 Å². The fourth-order valence-electron chi connectivity index (χ4n) is 2.77. The normalized spacial score (nSPS) is 13.0. The summed E-state index contributed by atoms with van der Waals surface area (Å²) in [5.41, 5.74) is 2.76. The van der Waals surface area contributed by atoms with Gasteiger partial charge in [-0.1, -0.05) is 17.7 Å². The highest BCUT2D eigenvalue weighted by Crippen LogP contribution is 2.37. The Hall–Kier alpha value is -2.40. The minimum absolute atomic E-state index is 0.175. The van der Waals surface area contributed by atoms with Gasteiger partial charge in [0.15, 0.2) is 11.5 Å². The van der Waals surface area contributed by atoms with Crippen molar-refractivity contribution in [2.45, 2.75) is 26.7 Å². The van der Waals surface area contributed by atoms with Gasteiger partial charge in [0.1, 0.15) is 5.75 Å². The maximum Gasteiger partial charge on any atom is 0.227 e. The zero-order chi connectivity index (χ0) is 18.5. The lowest BCUT2D eigenvalue weighted by atomic mass is 10.1. The van der Waals surface area contributed by atoms with Gasteiger partial charge in [-0.3, -0.25) is 4.79 Å². The van der Waals surface area contributed by atoms with Gasteiger partial charge in [0.05, 0.1) is 37.0 Å². The molecule has 26 heavy (non-hydrogen) atoms. The smallest absolute Gasteiger partial charge is 0.227 e. The van der Waals surface area contributed by atoms with Crippen molar-refractivity contribution in [2.75, 3.05) is 25.1 Å². The van der Waals surface area contributed by atoms with Gasteiger partial charge in [-0.05, 0) is 37.1 Å². The Morgan fingerprint density at radius 1 is 1.08 bits per heavy atom. The third-order valence-corrected chi connectivity index (χ3v) is 4.22. The number of amides is 1. The van der Waals surface area contributed by atoms with Crippen LogP contribution in [0.5, 0.6) is 17.2 Å². The SMILES string of the molecule is Cc1cc(C)cc(OCCC(=O)Nc2cc3c(cc2Cl)OCCCO3)c1. The average molecular weight is 376 g/mol. The summed E-state index contributed by atoms with van der Waals surface area (Å²) in [5, 5.41) is 3.22. The molecule has 138 valence electrons. The summed E-state index contributed by atoms with van der Waals surface area (Å²) in [7, 11) is 0. The number of halogens is 1. The Kier molecular flexibility index (Phi) is 5.89. The Morgan fingerprint density at radius 2 is 1.73 bits per heavy atom. The molecular weight excluding hydrogens is 354 g/mol. The van der Waals surface area contributed by atoms with E-state index in [1.54, 1.807) is 12.1 Å². The summed E-state index contributed by atoms with van der Waals surface area (Å²) in [4.78, 5) is 12.2. The quantitative estimate of drug-likeness (QED) is 0.834. The van der Waals surface area contributed by atoms with Gasteiger partial charge in [-0.2, -0.15) is 0 Å². The van der Waals surface area contributed by atoms with Crippen molar-refractivity contribution in [1.82, 2.24) is 0 Å². The van der Waals surface area contributed by atoms with Crippen molar-refractivity contribution < 1.29 is 19.0 Å². The van der Waals surface area contributed by atoms with Crippen molar-refractivity contribution in [2.24, 2.45) is 0 Å². The third-order valence-electron chi connectivity index (χ3n) is 3.90. The van der Waals surface area contributed by atoms with Gasteiger partial charge in [0, 0.05) is 18.6 Å². The molecule has 0 saturated heterocycles. The molecule has 0 atom stereocenters. The summed E-state index contributed by atoms with van der Waals surface area (Å²) >= 11 is 6.24. The van der Waals surface area contributed by atoms with E-state index < -0.39 is 0 Å². The van der Waals surface area contributed by atoms with Crippen LogP contribution in [0.4, 0.5) is 5.69 Å². The van der Waals surface area contributed by atoms with Crippen LogP contribution in [0.25, 0.3) is 0 Å². The Bertz CT molecular complexity index is 786. The van der Waals surface area contributed by atoms with Crippen molar-refractivity contribution in [3.63, 3.8) is 0 Å². The van der Waals surface area contributed by atoms with E-state index in [0.717, 1.165) is 23.3 Å². The lowest BCUT2D eigenvalue weighted by Crippen LogP contribution is -2.15. The minimum Gasteiger partial charge on any atom is -0.493 e. The van der Waals surface area contributed by atoms with Gasteiger partial charge < -0.3 is 19.5 Å². The lowest BCUT2D eigenvalue weighted by Gasteiger charge is -2.13. The summed E-state index contributed by atoms with van der Waals surface area (Å²) in [6, 6.07) is 9.35. The molecule has 0 bridgehead atoms. The van der Waals surface area contributed by atoms with E-state index in [-0.39, 0.29) is 18.9 Å². The molecule has 2 aromatic rings. The Labute approximate surface area is 158 Å². The number of hydrogen-bond acceptors (Lipinski definition) is 4. The first-order valence-electron chi connectivity index (χ1n) is 8.61. The number of nitrogens with one attached hydrogen (secondary N) is 1. The molecule has 1 N–H and O–H groups in total. The van der Waals surface area contributed by atoms with Crippen molar-refractivity contribution >= 4 is 23.2 Å². The number of fused-ring (bicyclic) bond motifs is 1. The van der Waals surface area contributed by atoms with Crippen molar-refractivity contribution in [3.8, 4) is 17.2 Å². The molecule has 0 fully saturated rings. The Morgan fingerprint density at radius 3 is 2.42 bits per heavy atom. The first-order valence-corrected chi connectivity index (χ1v) is 8.99.